The summed E-state index contributed by atoms with van der Waals surface area (Å²) in [5.74, 6) is 0.126. The summed E-state index contributed by atoms with van der Waals surface area (Å²) in [7, 11) is 0. The van der Waals surface area contributed by atoms with Crippen LogP contribution in [0.3, 0.4) is 0 Å². The molecule has 0 saturated heterocycles. The van der Waals surface area contributed by atoms with E-state index in [2.05, 4.69) is 20.9 Å². The standard InChI is InChI=1S/C11H7BrF3NO/c12-8-2-1-7-4-16-5-10(9(7)3-8)17-6-11(13,14)15/h1-5H,6H2. The zero-order valence-electron chi connectivity index (χ0n) is 8.46. The van der Waals surface area contributed by atoms with Crippen LogP contribution in [0.5, 0.6) is 5.75 Å². The number of halogens is 4. The predicted octanol–water partition coefficient (Wildman–Crippen LogP) is 3.94. The first-order chi connectivity index (χ1) is 7.96. The second-order valence-corrected chi connectivity index (χ2v) is 4.32. The Morgan fingerprint density at radius 1 is 1.24 bits per heavy atom. The van der Waals surface area contributed by atoms with Crippen molar-refractivity contribution >= 4 is 26.7 Å². The number of pyridine rings is 1. The highest BCUT2D eigenvalue weighted by atomic mass is 79.9. The summed E-state index contributed by atoms with van der Waals surface area (Å²) in [5, 5.41) is 1.33. The van der Waals surface area contributed by atoms with E-state index < -0.39 is 12.8 Å². The second kappa shape index (κ2) is 4.52. The fraction of sp³-hybridized carbons (Fsp3) is 0.182. The first kappa shape index (κ1) is 12.2. The minimum atomic E-state index is -4.35. The number of fused-ring (bicyclic) bond motifs is 1. The van der Waals surface area contributed by atoms with Crippen LogP contribution >= 0.6 is 15.9 Å². The van der Waals surface area contributed by atoms with Gasteiger partial charge in [0.05, 0.1) is 6.20 Å². The largest absolute Gasteiger partial charge is 0.482 e. The average Bonchev–Trinajstić information content (AvgIpc) is 2.25. The van der Waals surface area contributed by atoms with Crippen LogP contribution in [-0.4, -0.2) is 17.8 Å². The van der Waals surface area contributed by atoms with E-state index >= 15 is 0 Å². The van der Waals surface area contributed by atoms with Gasteiger partial charge in [-0.05, 0) is 12.1 Å². The van der Waals surface area contributed by atoms with Gasteiger partial charge < -0.3 is 4.74 Å². The molecule has 0 bridgehead atoms. The number of rotatable bonds is 2. The molecule has 0 radical (unpaired) electrons. The Bertz CT molecular complexity index is 542. The van der Waals surface area contributed by atoms with Crippen LogP contribution in [-0.2, 0) is 0 Å². The summed E-state index contributed by atoms with van der Waals surface area (Å²) in [6.07, 6.45) is -1.50. The van der Waals surface area contributed by atoms with E-state index in [0.717, 1.165) is 9.86 Å². The third-order valence-electron chi connectivity index (χ3n) is 2.08. The molecule has 6 heteroatoms. The third kappa shape index (κ3) is 3.09. The normalized spacial score (nSPS) is 11.8. The molecule has 0 amide bonds. The van der Waals surface area contributed by atoms with Gasteiger partial charge in [-0.25, -0.2) is 0 Å². The zero-order valence-corrected chi connectivity index (χ0v) is 10.0. The molecule has 0 aliphatic heterocycles. The van der Waals surface area contributed by atoms with E-state index in [1.807, 2.05) is 0 Å². The molecular formula is C11H7BrF3NO. The fourth-order valence-corrected chi connectivity index (χ4v) is 1.74. The Kier molecular flexibility index (Phi) is 3.24. The third-order valence-corrected chi connectivity index (χ3v) is 2.57. The average molecular weight is 306 g/mol. The van der Waals surface area contributed by atoms with Crippen molar-refractivity contribution in [1.82, 2.24) is 4.98 Å². The van der Waals surface area contributed by atoms with Gasteiger partial charge in [0.2, 0.25) is 0 Å². The van der Waals surface area contributed by atoms with Crippen molar-refractivity contribution in [2.75, 3.05) is 6.61 Å². The van der Waals surface area contributed by atoms with Crippen molar-refractivity contribution in [2.24, 2.45) is 0 Å². The van der Waals surface area contributed by atoms with Crippen molar-refractivity contribution < 1.29 is 17.9 Å². The van der Waals surface area contributed by atoms with Crippen LogP contribution in [0, 0.1) is 0 Å². The van der Waals surface area contributed by atoms with E-state index in [1.54, 1.807) is 24.4 Å². The topological polar surface area (TPSA) is 22.1 Å². The Morgan fingerprint density at radius 3 is 2.71 bits per heavy atom. The van der Waals surface area contributed by atoms with Crippen molar-refractivity contribution in [3.05, 3.63) is 35.1 Å². The summed E-state index contributed by atoms with van der Waals surface area (Å²) in [4.78, 5) is 3.84. The van der Waals surface area contributed by atoms with E-state index in [0.29, 0.717) is 5.39 Å². The van der Waals surface area contributed by atoms with Crippen molar-refractivity contribution in [3.63, 3.8) is 0 Å². The van der Waals surface area contributed by atoms with Gasteiger partial charge in [0.25, 0.3) is 0 Å². The molecule has 90 valence electrons. The molecule has 0 fully saturated rings. The number of hydrogen-bond donors (Lipinski definition) is 0. The maximum absolute atomic E-state index is 12.1. The Labute approximate surface area is 104 Å². The Morgan fingerprint density at radius 2 is 2.00 bits per heavy atom. The van der Waals surface area contributed by atoms with Gasteiger partial charge in [0.1, 0.15) is 5.75 Å². The molecule has 2 nitrogen and oxygen atoms in total. The highest BCUT2D eigenvalue weighted by molar-refractivity contribution is 9.10. The highest BCUT2D eigenvalue weighted by Crippen LogP contribution is 2.28. The summed E-state index contributed by atoms with van der Waals surface area (Å²) in [6.45, 7) is -1.32. The number of aromatic nitrogens is 1. The maximum Gasteiger partial charge on any atom is 0.422 e. The smallest absolute Gasteiger partial charge is 0.422 e. The number of benzene rings is 1. The van der Waals surface area contributed by atoms with Gasteiger partial charge in [-0.3, -0.25) is 4.98 Å². The second-order valence-electron chi connectivity index (χ2n) is 3.41. The minimum Gasteiger partial charge on any atom is -0.482 e. The molecular weight excluding hydrogens is 299 g/mol. The lowest BCUT2D eigenvalue weighted by Gasteiger charge is -2.10. The molecule has 0 unspecified atom stereocenters. The number of alkyl halides is 3. The van der Waals surface area contributed by atoms with Gasteiger partial charge in [-0.15, -0.1) is 0 Å². The van der Waals surface area contributed by atoms with Gasteiger partial charge in [-0.2, -0.15) is 13.2 Å². The molecule has 0 aliphatic rings. The number of ether oxygens (including phenoxy) is 1. The van der Waals surface area contributed by atoms with Crippen LogP contribution in [0.4, 0.5) is 13.2 Å². The Balaban J connectivity index is 2.36. The van der Waals surface area contributed by atoms with Crippen LogP contribution in [0.1, 0.15) is 0 Å². The molecule has 0 saturated carbocycles. The van der Waals surface area contributed by atoms with Gasteiger partial charge in [-0.1, -0.05) is 22.0 Å². The summed E-state index contributed by atoms with van der Waals surface area (Å²) in [5.41, 5.74) is 0. The molecule has 17 heavy (non-hydrogen) atoms. The molecule has 1 aromatic carbocycles. The SMILES string of the molecule is FC(F)(F)COc1cncc2ccc(Br)cc12. The lowest BCUT2D eigenvalue weighted by molar-refractivity contribution is -0.153. The summed E-state index contributed by atoms with van der Waals surface area (Å²) in [6, 6.07) is 5.24. The Hall–Kier alpha value is -1.30. The molecule has 0 spiro atoms. The van der Waals surface area contributed by atoms with Crippen LogP contribution in [0.25, 0.3) is 10.8 Å². The lowest BCUT2D eigenvalue weighted by atomic mass is 10.2. The maximum atomic E-state index is 12.1. The van der Waals surface area contributed by atoms with E-state index in [1.165, 1.54) is 6.20 Å². The van der Waals surface area contributed by atoms with E-state index in [9.17, 15) is 13.2 Å². The number of hydrogen-bond acceptors (Lipinski definition) is 2. The summed E-state index contributed by atoms with van der Waals surface area (Å²) >= 11 is 3.26. The highest BCUT2D eigenvalue weighted by Gasteiger charge is 2.28. The van der Waals surface area contributed by atoms with E-state index in [-0.39, 0.29) is 5.75 Å². The quantitative estimate of drug-likeness (QED) is 0.838. The molecule has 0 atom stereocenters. The van der Waals surface area contributed by atoms with Crippen molar-refractivity contribution in [2.45, 2.75) is 6.18 Å². The van der Waals surface area contributed by atoms with Crippen LogP contribution in [0.2, 0.25) is 0 Å². The van der Waals surface area contributed by atoms with Crippen molar-refractivity contribution in [1.29, 1.82) is 0 Å². The molecule has 2 rings (SSSR count). The first-order valence-corrected chi connectivity index (χ1v) is 5.48. The monoisotopic (exact) mass is 305 g/mol. The van der Waals surface area contributed by atoms with E-state index in [4.69, 9.17) is 4.74 Å². The van der Waals surface area contributed by atoms with Gasteiger partial charge in [0.15, 0.2) is 6.61 Å². The fourth-order valence-electron chi connectivity index (χ4n) is 1.38. The van der Waals surface area contributed by atoms with Gasteiger partial charge >= 0.3 is 6.18 Å². The zero-order chi connectivity index (χ0) is 12.5. The van der Waals surface area contributed by atoms with Crippen molar-refractivity contribution in [3.8, 4) is 5.75 Å². The van der Waals surface area contributed by atoms with Crippen LogP contribution < -0.4 is 4.74 Å². The van der Waals surface area contributed by atoms with Gasteiger partial charge in [0, 0.05) is 21.4 Å². The predicted molar refractivity (Wildman–Crippen MR) is 61.0 cm³/mol. The lowest BCUT2D eigenvalue weighted by Crippen LogP contribution is -2.19. The minimum absolute atomic E-state index is 0.126. The summed E-state index contributed by atoms with van der Waals surface area (Å²) < 4.78 is 41.7. The van der Waals surface area contributed by atoms with Crippen LogP contribution in [0.15, 0.2) is 35.1 Å². The molecule has 0 aliphatic carbocycles. The number of nitrogens with zero attached hydrogens (tertiary/aromatic N) is 1. The molecule has 1 aromatic heterocycles. The molecule has 2 aromatic rings. The molecule has 1 heterocycles. The molecule has 0 N–H and O–H groups in total. The first-order valence-electron chi connectivity index (χ1n) is 4.68.